The maximum absolute atomic E-state index is 12.5. The summed E-state index contributed by atoms with van der Waals surface area (Å²) in [6.07, 6.45) is 8.51. The summed E-state index contributed by atoms with van der Waals surface area (Å²) in [6.45, 7) is 2.42. The van der Waals surface area contributed by atoms with Gasteiger partial charge < -0.3 is 9.80 Å². The first kappa shape index (κ1) is 16.0. The van der Waals surface area contributed by atoms with E-state index in [1.807, 2.05) is 24.1 Å². The van der Waals surface area contributed by atoms with Crippen molar-refractivity contribution in [3.8, 4) is 0 Å². The first-order valence-corrected chi connectivity index (χ1v) is 8.59. The second kappa shape index (κ2) is 7.11. The molecule has 1 aliphatic heterocycles. The molecule has 1 saturated heterocycles. The van der Waals surface area contributed by atoms with E-state index in [0.29, 0.717) is 6.54 Å². The molecule has 2 aliphatic rings. The molecule has 0 radical (unpaired) electrons. The van der Waals surface area contributed by atoms with Crippen LogP contribution in [0.3, 0.4) is 0 Å². The molecule has 0 spiro atoms. The van der Waals surface area contributed by atoms with E-state index in [-0.39, 0.29) is 23.7 Å². The zero-order valence-electron chi connectivity index (χ0n) is 13.8. The van der Waals surface area contributed by atoms with Crippen LogP contribution in [0.5, 0.6) is 0 Å². The number of pyridine rings is 1. The van der Waals surface area contributed by atoms with Crippen LogP contribution in [0.1, 0.15) is 31.2 Å². The van der Waals surface area contributed by atoms with Crippen LogP contribution in [-0.2, 0) is 16.0 Å². The summed E-state index contributed by atoms with van der Waals surface area (Å²) in [4.78, 5) is 32.6. The molecule has 2 fully saturated rings. The van der Waals surface area contributed by atoms with Crippen molar-refractivity contribution in [3.63, 3.8) is 0 Å². The summed E-state index contributed by atoms with van der Waals surface area (Å²) in [7, 11) is 1.84. The maximum atomic E-state index is 12.5. The van der Waals surface area contributed by atoms with Gasteiger partial charge >= 0.3 is 0 Å². The molecule has 2 amide bonds. The van der Waals surface area contributed by atoms with Crippen LogP contribution in [-0.4, -0.2) is 53.3 Å². The van der Waals surface area contributed by atoms with Crippen molar-refractivity contribution < 1.29 is 9.59 Å². The number of amides is 2. The van der Waals surface area contributed by atoms with Crippen molar-refractivity contribution in [1.82, 2.24) is 14.8 Å². The highest BCUT2D eigenvalue weighted by Crippen LogP contribution is 2.41. The summed E-state index contributed by atoms with van der Waals surface area (Å²) in [5, 5.41) is 0. The van der Waals surface area contributed by atoms with Crippen LogP contribution in [0.2, 0.25) is 0 Å². The number of hydrogen-bond donors (Lipinski definition) is 0. The Labute approximate surface area is 137 Å². The number of likely N-dealkylation sites (tertiary alicyclic amines) is 1. The molecule has 1 saturated carbocycles. The van der Waals surface area contributed by atoms with E-state index in [9.17, 15) is 9.59 Å². The first-order chi connectivity index (χ1) is 11.2. The molecule has 1 aromatic heterocycles. The van der Waals surface area contributed by atoms with E-state index in [4.69, 9.17) is 0 Å². The second-order valence-corrected chi connectivity index (χ2v) is 6.70. The van der Waals surface area contributed by atoms with Gasteiger partial charge in [0.1, 0.15) is 0 Å². The van der Waals surface area contributed by atoms with Crippen LogP contribution in [0.15, 0.2) is 24.5 Å². The van der Waals surface area contributed by atoms with Gasteiger partial charge in [-0.25, -0.2) is 0 Å². The Bertz CT molecular complexity index is 555. The molecule has 2 unspecified atom stereocenters. The lowest BCUT2D eigenvalue weighted by molar-refractivity contribution is -0.137. The van der Waals surface area contributed by atoms with Crippen molar-refractivity contribution in [2.45, 2.75) is 32.1 Å². The van der Waals surface area contributed by atoms with E-state index in [1.54, 1.807) is 17.3 Å². The number of rotatable bonds is 5. The first-order valence-electron chi connectivity index (χ1n) is 8.59. The third kappa shape index (κ3) is 3.89. The fourth-order valence-corrected chi connectivity index (χ4v) is 3.33. The molecule has 1 aromatic rings. The van der Waals surface area contributed by atoms with Crippen molar-refractivity contribution in [2.75, 3.05) is 26.7 Å². The quantitative estimate of drug-likeness (QED) is 0.831. The second-order valence-electron chi connectivity index (χ2n) is 6.70. The van der Waals surface area contributed by atoms with E-state index < -0.39 is 0 Å². The van der Waals surface area contributed by atoms with Gasteiger partial charge in [0, 0.05) is 39.1 Å². The van der Waals surface area contributed by atoms with Crippen molar-refractivity contribution in [1.29, 1.82) is 0 Å². The minimum absolute atomic E-state index is 0.0658. The van der Waals surface area contributed by atoms with Crippen LogP contribution in [0, 0.1) is 11.8 Å². The Morgan fingerprint density at radius 3 is 2.57 bits per heavy atom. The van der Waals surface area contributed by atoms with Gasteiger partial charge in [0.2, 0.25) is 11.8 Å². The van der Waals surface area contributed by atoms with Crippen LogP contribution < -0.4 is 0 Å². The SMILES string of the molecule is CN(CCc1ccncc1)C(=O)C1CC1C(=O)N1CCCCC1. The van der Waals surface area contributed by atoms with Gasteiger partial charge in [-0.1, -0.05) is 0 Å². The number of nitrogens with zero attached hydrogens (tertiary/aromatic N) is 3. The van der Waals surface area contributed by atoms with Crippen molar-refractivity contribution >= 4 is 11.8 Å². The third-order valence-electron chi connectivity index (χ3n) is 4.95. The molecule has 124 valence electrons. The molecule has 0 aromatic carbocycles. The van der Waals surface area contributed by atoms with Gasteiger partial charge in [-0.15, -0.1) is 0 Å². The minimum atomic E-state index is -0.0909. The zero-order valence-corrected chi connectivity index (χ0v) is 13.8. The number of likely N-dealkylation sites (N-methyl/N-ethyl adjacent to an activating group) is 1. The summed E-state index contributed by atoms with van der Waals surface area (Å²) in [5.41, 5.74) is 1.18. The average Bonchev–Trinajstić information content (AvgIpc) is 3.40. The highest BCUT2D eigenvalue weighted by atomic mass is 16.2. The van der Waals surface area contributed by atoms with E-state index in [2.05, 4.69) is 4.98 Å². The molecule has 2 heterocycles. The maximum Gasteiger partial charge on any atom is 0.226 e. The van der Waals surface area contributed by atoms with Crippen molar-refractivity contribution in [3.05, 3.63) is 30.1 Å². The Morgan fingerprint density at radius 1 is 1.17 bits per heavy atom. The Balaban J connectivity index is 1.46. The summed E-state index contributed by atoms with van der Waals surface area (Å²) in [5.74, 6) is 0.163. The summed E-state index contributed by atoms with van der Waals surface area (Å²) in [6, 6.07) is 3.94. The van der Waals surface area contributed by atoms with Gasteiger partial charge in [-0.3, -0.25) is 14.6 Å². The normalized spacial score (nSPS) is 23.4. The molecule has 3 rings (SSSR count). The number of aromatic nitrogens is 1. The molecule has 2 atom stereocenters. The molecule has 1 aliphatic carbocycles. The fourth-order valence-electron chi connectivity index (χ4n) is 3.33. The number of hydrogen-bond acceptors (Lipinski definition) is 3. The topological polar surface area (TPSA) is 53.5 Å². The lowest BCUT2D eigenvalue weighted by Gasteiger charge is -2.27. The predicted molar refractivity (Wildman–Crippen MR) is 87.6 cm³/mol. The highest BCUT2D eigenvalue weighted by molar-refractivity contribution is 5.92. The third-order valence-corrected chi connectivity index (χ3v) is 4.95. The fraction of sp³-hybridized carbons (Fsp3) is 0.611. The molecule has 23 heavy (non-hydrogen) atoms. The van der Waals surface area contributed by atoms with Crippen LogP contribution in [0.25, 0.3) is 0 Å². The Morgan fingerprint density at radius 2 is 1.87 bits per heavy atom. The monoisotopic (exact) mass is 315 g/mol. The van der Waals surface area contributed by atoms with Gasteiger partial charge in [-0.05, 0) is 49.8 Å². The standard InChI is InChI=1S/C18H25N3O2/c1-20(12-7-14-5-8-19-9-6-14)17(22)15-13-16(15)18(23)21-10-3-2-4-11-21/h5-6,8-9,15-16H,2-4,7,10-13H2,1H3. The molecule has 0 bridgehead atoms. The van der Waals surface area contributed by atoms with E-state index in [1.165, 1.54) is 12.0 Å². The summed E-state index contributed by atoms with van der Waals surface area (Å²) < 4.78 is 0. The lowest BCUT2D eigenvalue weighted by atomic mass is 10.1. The number of carbonyl (C=O) groups is 2. The average molecular weight is 315 g/mol. The number of piperidine rings is 1. The van der Waals surface area contributed by atoms with E-state index >= 15 is 0 Å². The Kier molecular flexibility index (Phi) is 4.94. The Hall–Kier alpha value is -1.91. The summed E-state index contributed by atoms with van der Waals surface area (Å²) >= 11 is 0. The molecule has 0 N–H and O–H groups in total. The zero-order chi connectivity index (χ0) is 16.2. The lowest BCUT2D eigenvalue weighted by Crippen LogP contribution is -2.38. The molecular formula is C18H25N3O2. The molecule has 5 heteroatoms. The van der Waals surface area contributed by atoms with Crippen molar-refractivity contribution in [2.24, 2.45) is 11.8 Å². The number of carbonyl (C=O) groups excluding carboxylic acids is 2. The largest absolute Gasteiger partial charge is 0.345 e. The van der Waals surface area contributed by atoms with Crippen LogP contribution >= 0.6 is 0 Å². The van der Waals surface area contributed by atoms with Crippen LogP contribution in [0.4, 0.5) is 0 Å². The minimum Gasteiger partial charge on any atom is -0.345 e. The predicted octanol–water partition coefficient (Wildman–Crippen LogP) is 1.73. The van der Waals surface area contributed by atoms with Gasteiger partial charge in [-0.2, -0.15) is 0 Å². The van der Waals surface area contributed by atoms with Gasteiger partial charge in [0.25, 0.3) is 0 Å². The smallest absolute Gasteiger partial charge is 0.226 e. The molecule has 5 nitrogen and oxygen atoms in total. The van der Waals surface area contributed by atoms with Gasteiger partial charge in [0.05, 0.1) is 11.8 Å². The molecular weight excluding hydrogens is 290 g/mol. The highest BCUT2D eigenvalue weighted by Gasteiger charge is 2.50. The van der Waals surface area contributed by atoms with Gasteiger partial charge in [0.15, 0.2) is 0 Å². The van der Waals surface area contributed by atoms with E-state index in [0.717, 1.165) is 38.8 Å².